The third kappa shape index (κ3) is 3.33. The van der Waals surface area contributed by atoms with Crippen LogP contribution >= 0.6 is 0 Å². The lowest BCUT2D eigenvalue weighted by molar-refractivity contribution is 0.269. The molecule has 0 fully saturated rings. The minimum atomic E-state index is 0.464. The molecule has 6 heteroatoms. The van der Waals surface area contributed by atoms with Crippen molar-refractivity contribution in [2.24, 2.45) is 17.1 Å². The van der Waals surface area contributed by atoms with Crippen LogP contribution in [0.3, 0.4) is 0 Å². The van der Waals surface area contributed by atoms with E-state index in [2.05, 4.69) is 72.1 Å². The van der Waals surface area contributed by atoms with E-state index >= 15 is 0 Å². The maximum absolute atomic E-state index is 5.79. The molecule has 2 aliphatic rings. The highest BCUT2D eigenvalue weighted by atomic mass is 16.5. The average Bonchev–Trinajstić information content (AvgIpc) is 3.16. The van der Waals surface area contributed by atoms with Gasteiger partial charge < -0.3 is 14.2 Å². The summed E-state index contributed by atoms with van der Waals surface area (Å²) in [6.45, 7) is 13.6. The number of rotatable bonds is 5. The highest BCUT2D eigenvalue weighted by Gasteiger charge is 2.26. The van der Waals surface area contributed by atoms with Crippen LogP contribution in [0.5, 0.6) is 0 Å². The second kappa shape index (κ2) is 7.03. The van der Waals surface area contributed by atoms with E-state index in [1.54, 1.807) is 6.34 Å². The lowest BCUT2D eigenvalue weighted by Gasteiger charge is -2.25. The Morgan fingerprint density at radius 2 is 1.86 bits per heavy atom. The minimum Gasteiger partial charge on any atom is -0.422 e. The lowest BCUT2D eigenvalue weighted by atomic mass is 10.1. The predicted octanol–water partition coefficient (Wildman–Crippen LogP) is 3.95. The van der Waals surface area contributed by atoms with Crippen molar-refractivity contribution >= 4 is 23.6 Å². The fraction of sp³-hybridized carbons (Fsp3) is 0.273. The molecule has 0 atom stereocenters. The standard InChI is InChI=1S/C22H25N5O/c1-15-6-8-19(9-7-15)10-11-27-18(4)28-20(24-27)13-26-14-23-21-16(2)12-25(5)22(21)17(26)3/h6-9,12,14H,3-4,10-11,13H2,1-2,5H3. The van der Waals surface area contributed by atoms with E-state index in [4.69, 9.17) is 4.74 Å². The minimum absolute atomic E-state index is 0.464. The molecule has 1 aromatic heterocycles. The molecule has 3 heterocycles. The molecule has 0 saturated heterocycles. The highest BCUT2D eigenvalue weighted by Crippen LogP contribution is 2.35. The van der Waals surface area contributed by atoms with Crippen molar-refractivity contribution in [2.75, 3.05) is 13.1 Å². The molecule has 6 nitrogen and oxygen atoms in total. The number of nitrogens with zero attached hydrogens (tertiary/aromatic N) is 5. The normalized spacial score (nSPS) is 15.8. The summed E-state index contributed by atoms with van der Waals surface area (Å²) in [6.07, 6.45) is 4.74. The molecule has 0 spiro atoms. The topological polar surface area (TPSA) is 45.4 Å². The van der Waals surface area contributed by atoms with Crippen LogP contribution in [-0.2, 0) is 18.2 Å². The van der Waals surface area contributed by atoms with Gasteiger partial charge in [0.1, 0.15) is 6.54 Å². The second-order valence-corrected chi connectivity index (χ2v) is 7.29. The van der Waals surface area contributed by atoms with Gasteiger partial charge in [-0.25, -0.2) is 10.0 Å². The summed E-state index contributed by atoms with van der Waals surface area (Å²) < 4.78 is 7.84. The Bertz CT molecular complexity index is 997. The van der Waals surface area contributed by atoms with Crippen LogP contribution in [0.15, 0.2) is 59.6 Å². The number of aromatic nitrogens is 1. The Balaban J connectivity index is 1.42. The number of aryl methyl sites for hydroxylation is 3. The molecule has 2 aromatic rings. The molecular formula is C22H25N5O. The molecule has 0 aliphatic carbocycles. The average molecular weight is 375 g/mol. The van der Waals surface area contributed by atoms with Crippen molar-refractivity contribution in [3.8, 4) is 0 Å². The number of hydrogen-bond donors (Lipinski definition) is 0. The molecule has 0 radical (unpaired) electrons. The van der Waals surface area contributed by atoms with E-state index in [1.165, 1.54) is 11.1 Å². The first kappa shape index (κ1) is 18.1. The van der Waals surface area contributed by atoms with Gasteiger partial charge in [0.15, 0.2) is 0 Å². The first-order chi connectivity index (χ1) is 13.4. The van der Waals surface area contributed by atoms with E-state index < -0.39 is 0 Å². The zero-order valence-corrected chi connectivity index (χ0v) is 16.6. The van der Waals surface area contributed by atoms with Crippen molar-refractivity contribution in [3.05, 3.63) is 71.9 Å². The summed E-state index contributed by atoms with van der Waals surface area (Å²) in [5.41, 5.74) is 6.55. The van der Waals surface area contributed by atoms with Crippen LogP contribution in [0.4, 0.5) is 5.69 Å². The monoisotopic (exact) mass is 375 g/mol. The van der Waals surface area contributed by atoms with Crippen LogP contribution in [0.2, 0.25) is 0 Å². The molecule has 28 heavy (non-hydrogen) atoms. The van der Waals surface area contributed by atoms with Gasteiger partial charge in [-0.2, -0.15) is 0 Å². The van der Waals surface area contributed by atoms with Crippen molar-refractivity contribution in [1.29, 1.82) is 0 Å². The largest absolute Gasteiger partial charge is 0.422 e. The van der Waals surface area contributed by atoms with Gasteiger partial charge >= 0.3 is 0 Å². The smallest absolute Gasteiger partial charge is 0.234 e. The van der Waals surface area contributed by atoms with E-state index in [0.29, 0.717) is 18.3 Å². The fourth-order valence-corrected chi connectivity index (χ4v) is 3.52. The van der Waals surface area contributed by atoms with Crippen LogP contribution in [0.1, 0.15) is 22.4 Å². The molecule has 0 N–H and O–H groups in total. The number of ether oxygens (including phenoxy) is 1. The molecule has 4 rings (SSSR count). The van der Waals surface area contributed by atoms with Crippen molar-refractivity contribution in [3.63, 3.8) is 0 Å². The van der Waals surface area contributed by atoms with Crippen LogP contribution in [0, 0.1) is 13.8 Å². The number of hydrogen-bond acceptors (Lipinski definition) is 5. The summed E-state index contributed by atoms with van der Waals surface area (Å²) in [6, 6.07) is 8.54. The Kier molecular flexibility index (Phi) is 4.55. The van der Waals surface area contributed by atoms with E-state index in [9.17, 15) is 0 Å². The third-order valence-electron chi connectivity index (χ3n) is 5.08. The SMILES string of the molecule is C=C1c2c(c(C)cn2C)N=CN1CC1=NN(CCc2ccc(C)cc2)C(=C)O1. The first-order valence-corrected chi connectivity index (χ1v) is 9.35. The zero-order chi connectivity index (χ0) is 19.8. The Labute approximate surface area is 165 Å². The quantitative estimate of drug-likeness (QED) is 0.795. The first-order valence-electron chi connectivity index (χ1n) is 9.35. The summed E-state index contributed by atoms with van der Waals surface area (Å²) >= 11 is 0. The number of fused-ring (bicyclic) bond motifs is 1. The number of hydrazone groups is 1. The van der Waals surface area contributed by atoms with E-state index in [0.717, 1.165) is 35.6 Å². The molecule has 0 amide bonds. The molecule has 0 bridgehead atoms. The van der Waals surface area contributed by atoms with Gasteiger partial charge in [-0.3, -0.25) is 0 Å². The summed E-state index contributed by atoms with van der Waals surface area (Å²) in [5, 5.41) is 6.41. The molecule has 1 aromatic carbocycles. The molecule has 0 unspecified atom stereocenters. The fourth-order valence-electron chi connectivity index (χ4n) is 3.52. The highest BCUT2D eigenvalue weighted by molar-refractivity contribution is 5.91. The summed E-state index contributed by atoms with van der Waals surface area (Å²) in [7, 11) is 2.01. The van der Waals surface area contributed by atoms with Crippen molar-refractivity contribution in [2.45, 2.75) is 20.3 Å². The number of benzene rings is 1. The molecule has 144 valence electrons. The third-order valence-corrected chi connectivity index (χ3v) is 5.08. The van der Waals surface area contributed by atoms with Gasteiger partial charge in [-0.15, -0.1) is 5.10 Å². The number of aliphatic imine (C=N–C) groups is 1. The predicted molar refractivity (Wildman–Crippen MR) is 113 cm³/mol. The van der Waals surface area contributed by atoms with Crippen LogP contribution < -0.4 is 0 Å². The zero-order valence-electron chi connectivity index (χ0n) is 16.6. The van der Waals surface area contributed by atoms with E-state index in [1.807, 2.05) is 17.0 Å². The van der Waals surface area contributed by atoms with E-state index in [-0.39, 0.29) is 0 Å². The van der Waals surface area contributed by atoms with Crippen LogP contribution in [0.25, 0.3) is 5.70 Å². The van der Waals surface area contributed by atoms with Gasteiger partial charge in [0, 0.05) is 19.8 Å². The Morgan fingerprint density at radius 1 is 1.11 bits per heavy atom. The summed E-state index contributed by atoms with van der Waals surface area (Å²) in [5.74, 6) is 1.15. The molecule has 2 aliphatic heterocycles. The maximum atomic E-state index is 5.79. The second-order valence-electron chi connectivity index (χ2n) is 7.29. The van der Waals surface area contributed by atoms with Gasteiger partial charge in [-0.1, -0.05) is 36.4 Å². The maximum Gasteiger partial charge on any atom is 0.234 e. The Morgan fingerprint density at radius 3 is 2.61 bits per heavy atom. The van der Waals surface area contributed by atoms with Crippen LogP contribution in [-0.4, -0.2) is 39.8 Å². The van der Waals surface area contributed by atoms with Gasteiger partial charge in [-0.05, 0) is 38.0 Å². The summed E-state index contributed by atoms with van der Waals surface area (Å²) in [4.78, 5) is 6.54. The molecule has 0 saturated carbocycles. The van der Waals surface area contributed by atoms with Crippen molar-refractivity contribution < 1.29 is 4.74 Å². The lowest BCUT2D eigenvalue weighted by Crippen LogP contribution is -2.29. The molecular weight excluding hydrogens is 350 g/mol. The van der Waals surface area contributed by atoms with Crippen molar-refractivity contribution in [1.82, 2.24) is 14.5 Å². The van der Waals surface area contributed by atoms with Gasteiger partial charge in [0.25, 0.3) is 0 Å². The Hall–Kier alpha value is -3.28. The van der Waals surface area contributed by atoms with Gasteiger partial charge in [0.2, 0.25) is 11.8 Å². The van der Waals surface area contributed by atoms with Gasteiger partial charge in [0.05, 0.1) is 23.4 Å².